The predicted octanol–water partition coefficient (Wildman–Crippen LogP) is 4.30. The molecule has 0 fully saturated rings. The minimum atomic E-state index is -0.907. The van der Waals surface area contributed by atoms with E-state index in [1.807, 2.05) is 12.1 Å². The topological polar surface area (TPSA) is 37.3 Å². The second-order valence-electron chi connectivity index (χ2n) is 4.58. The van der Waals surface area contributed by atoms with Crippen molar-refractivity contribution < 1.29 is 9.90 Å². The Bertz CT molecular complexity index is 377. The monoisotopic (exact) mass is 246 g/mol. The number of unbranched alkanes of at least 4 members (excludes halogenated alkanes) is 4. The van der Waals surface area contributed by atoms with Crippen LogP contribution in [0.25, 0.3) is 6.08 Å². The molecule has 1 aromatic carbocycles. The zero-order chi connectivity index (χ0) is 13.2. The maximum Gasteiger partial charge on any atom is 0.328 e. The molecule has 0 saturated carbocycles. The maximum absolute atomic E-state index is 10.4. The summed E-state index contributed by atoms with van der Waals surface area (Å²) >= 11 is 0. The maximum atomic E-state index is 10.4. The number of carbonyl (C=O) groups is 1. The van der Waals surface area contributed by atoms with Gasteiger partial charge in [-0.05, 0) is 30.0 Å². The van der Waals surface area contributed by atoms with Gasteiger partial charge < -0.3 is 5.11 Å². The molecule has 98 valence electrons. The van der Waals surface area contributed by atoms with E-state index in [9.17, 15) is 4.79 Å². The summed E-state index contributed by atoms with van der Waals surface area (Å²) in [7, 11) is 0. The van der Waals surface area contributed by atoms with Gasteiger partial charge in [-0.1, -0.05) is 56.9 Å². The van der Waals surface area contributed by atoms with E-state index in [1.165, 1.54) is 43.7 Å². The lowest BCUT2D eigenvalue weighted by Gasteiger charge is -2.02. The zero-order valence-corrected chi connectivity index (χ0v) is 11.1. The van der Waals surface area contributed by atoms with Gasteiger partial charge in [-0.3, -0.25) is 0 Å². The Morgan fingerprint density at radius 3 is 2.39 bits per heavy atom. The van der Waals surface area contributed by atoms with Crippen LogP contribution in [0, 0.1) is 0 Å². The van der Waals surface area contributed by atoms with Crippen molar-refractivity contribution in [3.8, 4) is 0 Å². The highest BCUT2D eigenvalue weighted by molar-refractivity contribution is 5.85. The van der Waals surface area contributed by atoms with Crippen LogP contribution < -0.4 is 0 Å². The van der Waals surface area contributed by atoms with Crippen LogP contribution in [0.1, 0.15) is 50.2 Å². The highest BCUT2D eigenvalue weighted by Crippen LogP contribution is 2.11. The average Bonchev–Trinajstić information content (AvgIpc) is 2.37. The smallest absolute Gasteiger partial charge is 0.328 e. The van der Waals surface area contributed by atoms with Crippen LogP contribution in [-0.4, -0.2) is 11.1 Å². The van der Waals surface area contributed by atoms with E-state index >= 15 is 0 Å². The molecule has 0 aliphatic carbocycles. The standard InChI is InChI=1S/C16H22O2/c1-2-3-4-5-6-7-14-8-10-15(11-9-14)12-13-16(17)18/h8-13H,2-7H2,1H3,(H,17,18)/b13-12+. The third-order valence-electron chi connectivity index (χ3n) is 2.97. The van der Waals surface area contributed by atoms with E-state index in [0.29, 0.717) is 0 Å². The van der Waals surface area contributed by atoms with Gasteiger partial charge in [0.25, 0.3) is 0 Å². The molecule has 1 aromatic rings. The first-order valence-electron chi connectivity index (χ1n) is 6.72. The van der Waals surface area contributed by atoms with Crippen LogP contribution in [0.2, 0.25) is 0 Å². The first kappa shape index (κ1) is 14.5. The Kier molecular flexibility index (Phi) is 6.85. The quantitative estimate of drug-likeness (QED) is 0.548. The summed E-state index contributed by atoms with van der Waals surface area (Å²) in [4.78, 5) is 10.4. The van der Waals surface area contributed by atoms with Crippen molar-refractivity contribution in [2.75, 3.05) is 0 Å². The molecule has 0 amide bonds. The second-order valence-corrected chi connectivity index (χ2v) is 4.58. The molecule has 1 N–H and O–H groups in total. The highest BCUT2D eigenvalue weighted by atomic mass is 16.4. The Balaban J connectivity index is 2.34. The molecule has 0 saturated heterocycles. The normalized spacial score (nSPS) is 10.9. The molecule has 2 heteroatoms. The third kappa shape index (κ3) is 6.24. The minimum Gasteiger partial charge on any atom is -0.478 e. The summed E-state index contributed by atoms with van der Waals surface area (Å²) in [5.74, 6) is -0.907. The molecule has 0 aliphatic rings. The Morgan fingerprint density at radius 2 is 1.78 bits per heavy atom. The summed E-state index contributed by atoms with van der Waals surface area (Å²) in [6.45, 7) is 2.23. The number of benzene rings is 1. The van der Waals surface area contributed by atoms with E-state index in [4.69, 9.17) is 5.11 Å². The van der Waals surface area contributed by atoms with Gasteiger partial charge in [0.15, 0.2) is 0 Å². The highest BCUT2D eigenvalue weighted by Gasteiger charge is 1.95. The molecule has 2 nitrogen and oxygen atoms in total. The van der Waals surface area contributed by atoms with E-state index in [-0.39, 0.29) is 0 Å². The summed E-state index contributed by atoms with van der Waals surface area (Å²) < 4.78 is 0. The van der Waals surface area contributed by atoms with Crippen molar-refractivity contribution in [3.05, 3.63) is 41.5 Å². The number of carboxylic acid groups (broad SMARTS) is 1. The van der Waals surface area contributed by atoms with Crippen LogP contribution >= 0.6 is 0 Å². The number of rotatable bonds is 8. The van der Waals surface area contributed by atoms with E-state index in [1.54, 1.807) is 6.08 Å². The third-order valence-corrected chi connectivity index (χ3v) is 2.97. The molecule has 0 bridgehead atoms. The van der Waals surface area contributed by atoms with Gasteiger partial charge in [0, 0.05) is 6.08 Å². The second kappa shape index (κ2) is 8.51. The lowest BCUT2D eigenvalue weighted by Crippen LogP contribution is -1.87. The summed E-state index contributed by atoms with van der Waals surface area (Å²) in [6.07, 6.45) is 10.4. The van der Waals surface area contributed by atoms with Gasteiger partial charge in [-0.15, -0.1) is 0 Å². The summed E-state index contributed by atoms with van der Waals surface area (Å²) in [5.41, 5.74) is 2.27. The van der Waals surface area contributed by atoms with Crippen LogP contribution in [0.3, 0.4) is 0 Å². The largest absolute Gasteiger partial charge is 0.478 e. The summed E-state index contributed by atoms with van der Waals surface area (Å²) in [5, 5.41) is 8.53. The summed E-state index contributed by atoms with van der Waals surface area (Å²) in [6, 6.07) is 8.12. The van der Waals surface area contributed by atoms with Crippen molar-refractivity contribution >= 4 is 12.0 Å². The Hall–Kier alpha value is -1.57. The molecule has 0 unspecified atom stereocenters. The Morgan fingerprint density at radius 1 is 1.11 bits per heavy atom. The number of hydrogen-bond acceptors (Lipinski definition) is 1. The zero-order valence-electron chi connectivity index (χ0n) is 11.1. The van der Waals surface area contributed by atoms with Gasteiger partial charge in [0.1, 0.15) is 0 Å². The molecule has 0 heterocycles. The van der Waals surface area contributed by atoms with Gasteiger partial charge in [0.2, 0.25) is 0 Å². The first-order valence-corrected chi connectivity index (χ1v) is 6.72. The van der Waals surface area contributed by atoms with Gasteiger partial charge in [0.05, 0.1) is 0 Å². The van der Waals surface area contributed by atoms with Crippen LogP contribution in [0.4, 0.5) is 0 Å². The minimum absolute atomic E-state index is 0.907. The number of aryl methyl sites for hydroxylation is 1. The van der Waals surface area contributed by atoms with Crippen LogP contribution in [0.5, 0.6) is 0 Å². The average molecular weight is 246 g/mol. The number of carboxylic acids is 1. The van der Waals surface area contributed by atoms with E-state index < -0.39 is 5.97 Å². The SMILES string of the molecule is CCCCCCCc1ccc(/C=C/C(=O)O)cc1. The van der Waals surface area contributed by atoms with Crippen molar-refractivity contribution in [1.29, 1.82) is 0 Å². The fraction of sp³-hybridized carbons (Fsp3) is 0.438. The van der Waals surface area contributed by atoms with E-state index in [2.05, 4.69) is 19.1 Å². The molecule has 0 radical (unpaired) electrons. The fourth-order valence-corrected chi connectivity index (χ4v) is 1.90. The molecular formula is C16H22O2. The predicted molar refractivity (Wildman–Crippen MR) is 75.6 cm³/mol. The van der Waals surface area contributed by atoms with Crippen molar-refractivity contribution in [2.45, 2.75) is 45.4 Å². The Labute approximate surface area is 109 Å². The first-order chi connectivity index (χ1) is 8.72. The lowest BCUT2D eigenvalue weighted by atomic mass is 10.0. The molecule has 18 heavy (non-hydrogen) atoms. The van der Waals surface area contributed by atoms with Gasteiger partial charge in [-0.25, -0.2) is 4.79 Å². The fourth-order valence-electron chi connectivity index (χ4n) is 1.90. The molecular weight excluding hydrogens is 224 g/mol. The van der Waals surface area contributed by atoms with Gasteiger partial charge in [-0.2, -0.15) is 0 Å². The van der Waals surface area contributed by atoms with Crippen molar-refractivity contribution in [1.82, 2.24) is 0 Å². The van der Waals surface area contributed by atoms with Crippen molar-refractivity contribution in [3.63, 3.8) is 0 Å². The molecule has 0 spiro atoms. The molecule has 0 aliphatic heterocycles. The van der Waals surface area contributed by atoms with Gasteiger partial charge >= 0.3 is 5.97 Å². The van der Waals surface area contributed by atoms with Crippen molar-refractivity contribution in [2.24, 2.45) is 0 Å². The number of aliphatic carboxylic acids is 1. The molecule has 0 aromatic heterocycles. The van der Waals surface area contributed by atoms with Crippen LogP contribution in [-0.2, 0) is 11.2 Å². The molecule has 0 atom stereocenters. The van der Waals surface area contributed by atoms with Crippen LogP contribution in [0.15, 0.2) is 30.3 Å². The van der Waals surface area contributed by atoms with E-state index in [0.717, 1.165) is 12.0 Å². The lowest BCUT2D eigenvalue weighted by molar-refractivity contribution is -0.131. The number of hydrogen-bond donors (Lipinski definition) is 1. The molecule has 1 rings (SSSR count).